The molecule has 0 bridgehead atoms. The van der Waals surface area contributed by atoms with E-state index in [4.69, 9.17) is 0 Å². The zero-order valence-corrected chi connectivity index (χ0v) is 11.6. The lowest BCUT2D eigenvalue weighted by Crippen LogP contribution is -2.58. The third kappa shape index (κ3) is 3.46. The van der Waals surface area contributed by atoms with Gasteiger partial charge >= 0.3 is 0 Å². The molecule has 0 aromatic heterocycles. The van der Waals surface area contributed by atoms with Gasteiger partial charge in [0.05, 0.1) is 0 Å². The Bertz CT molecular complexity index is 199. The highest BCUT2D eigenvalue weighted by Gasteiger charge is 2.42. The van der Waals surface area contributed by atoms with Crippen LogP contribution in [0.2, 0.25) is 0 Å². The van der Waals surface area contributed by atoms with Gasteiger partial charge in [0.2, 0.25) is 0 Å². The van der Waals surface area contributed by atoms with Crippen LogP contribution in [0.4, 0.5) is 0 Å². The largest absolute Gasteiger partial charge is 0.396 e. The van der Waals surface area contributed by atoms with Crippen molar-refractivity contribution in [3.8, 4) is 0 Å². The third-order valence-electron chi connectivity index (χ3n) is 3.76. The first-order valence-corrected chi connectivity index (χ1v) is 6.80. The van der Waals surface area contributed by atoms with E-state index in [1.165, 1.54) is 38.8 Å². The van der Waals surface area contributed by atoms with Crippen LogP contribution < -0.4 is 0 Å². The van der Waals surface area contributed by atoms with E-state index in [0.29, 0.717) is 5.41 Å². The SMILES string of the molecule is CCCC1(CCC)CN(CC(C)(C)CO)C1. The first-order valence-electron chi connectivity index (χ1n) is 6.80. The molecule has 1 saturated heterocycles. The Morgan fingerprint density at radius 3 is 2.00 bits per heavy atom. The molecule has 1 N–H and O–H groups in total. The molecule has 2 nitrogen and oxygen atoms in total. The maximum atomic E-state index is 9.27. The molecule has 16 heavy (non-hydrogen) atoms. The van der Waals surface area contributed by atoms with Crippen LogP contribution in [0.25, 0.3) is 0 Å². The Hall–Kier alpha value is -0.0800. The van der Waals surface area contributed by atoms with Gasteiger partial charge in [-0.3, -0.25) is 0 Å². The highest BCUT2D eigenvalue weighted by Crippen LogP contribution is 2.40. The van der Waals surface area contributed by atoms with Gasteiger partial charge in [0.15, 0.2) is 0 Å². The van der Waals surface area contributed by atoms with Crippen molar-refractivity contribution >= 4 is 0 Å². The Balaban J connectivity index is 2.38. The molecule has 2 heteroatoms. The van der Waals surface area contributed by atoms with Crippen molar-refractivity contribution < 1.29 is 5.11 Å². The highest BCUT2D eigenvalue weighted by molar-refractivity contribution is 4.95. The summed E-state index contributed by atoms with van der Waals surface area (Å²) < 4.78 is 0. The molecule has 0 aromatic rings. The molecule has 0 saturated carbocycles. The van der Waals surface area contributed by atoms with Crippen molar-refractivity contribution in [1.82, 2.24) is 4.90 Å². The van der Waals surface area contributed by atoms with E-state index in [-0.39, 0.29) is 12.0 Å². The van der Waals surface area contributed by atoms with E-state index >= 15 is 0 Å². The average Bonchev–Trinajstić information content (AvgIpc) is 2.16. The summed E-state index contributed by atoms with van der Waals surface area (Å²) in [5.74, 6) is 0. The molecule has 0 aliphatic carbocycles. The molecule has 96 valence electrons. The quantitative estimate of drug-likeness (QED) is 0.723. The van der Waals surface area contributed by atoms with E-state index in [9.17, 15) is 5.11 Å². The zero-order chi connectivity index (χ0) is 12.2. The van der Waals surface area contributed by atoms with Gasteiger partial charge < -0.3 is 10.0 Å². The van der Waals surface area contributed by atoms with Crippen LogP contribution in [0.5, 0.6) is 0 Å². The van der Waals surface area contributed by atoms with Gasteiger partial charge in [-0.05, 0) is 18.3 Å². The van der Waals surface area contributed by atoms with Crippen LogP contribution in [0.3, 0.4) is 0 Å². The number of hydrogen-bond acceptors (Lipinski definition) is 2. The number of nitrogens with zero attached hydrogens (tertiary/aromatic N) is 1. The molecule has 1 fully saturated rings. The fourth-order valence-electron chi connectivity index (χ4n) is 3.17. The normalized spacial score (nSPS) is 20.8. The van der Waals surface area contributed by atoms with Crippen molar-refractivity contribution in [3.63, 3.8) is 0 Å². The van der Waals surface area contributed by atoms with E-state index in [1.807, 2.05) is 0 Å². The Morgan fingerprint density at radius 1 is 1.12 bits per heavy atom. The molecule has 0 atom stereocenters. The fourth-order valence-corrected chi connectivity index (χ4v) is 3.17. The predicted octanol–water partition coefficient (Wildman–Crippen LogP) is 2.91. The van der Waals surface area contributed by atoms with Crippen molar-refractivity contribution in [2.24, 2.45) is 10.8 Å². The Labute approximate surface area is 101 Å². The zero-order valence-electron chi connectivity index (χ0n) is 11.6. The van der Waals surface area contributed by atoms with Gasteiger partial charge in [0.25, 0.3) is 0 Å². The van der Waals surface area contributed by atoms with E-state index in [1.54, 1.807) is 0 Å². The average molecular weight is 227 g/mol. The standard InChI is InChI=1S/C14H29NO/c1-5-7-14(8-6-2)10-15(11-14)9-13(3,4)12-16/h16H,5-12H2,1-4H3. The molecule has 1 aliphatic heterocycles. The molecule has 0 unspecified atom stereocenters. The summed E-state index contributed by atoms with van der Waals surface area (Å²) in [6.07, 6.45) is 5.35. The summed E-state index contributed by atoms with van der Waals surface area (Å²) >= 11 is 0. The molecular formula is C14H29NO. The van der Waals surface area contributed by atoms with Crippen molar-refractivity contribution in [2.75, 3.05) is 26.2 Å². The van der Waals surface area contributed by atoms with E-state index < -0.39 is 0 Å². The topological polar surface area (TPSA) is 23.5 Å². The molecular weight excluding hydrogens is 198 g/mol. The molecule has 0 radical (unpaired) electrons. The summed E-state index contributed by atoms with van der Waals surface area (Å²) in [6, 6.07) is 0. The van der Waals surface area contributed by atoms with Crippen LogP contribution in [0, 0.1) is 10.8 Å². The molecule has 0 aromatic carbocycles. The first-order chi connectivity index (χ1) is 7.47. The maximum absolute atomic E-state index is 9.27. The summed E-state index contributed by atoms with van der Waals surface area (Å²) in [7, 11) is 0. The van der Waals surface area contributed by atoms with Gasteiger partial charge in [0.1, 0.15) is 0 Å². The minimum Gasteiger partial charge on any atom is -0.396 e. The molecule has 1 heterocycles. The summed E-state index contributed by atoms with van der Waals surface area (Å²) in [5.41, 5.74) is 0.666. The van der Waals surface area contributed by atoms with Crippen LogP contribution in [-0.2, 0) is 0 Å². The number of rotatable bonds is 7. The number of aliphatic hydroxyl groups is 1. The van der Waals surface area contributed by atoms with Crippen LogP contribution in [0.1, 0.15) is 53.4 Å². The van der Waals surface area contributed by atoms with Crippen LogP contribution in [-0.4, -0.2) is 36.2 Å². The minimum absolute atomic E-state index is 0.0601. The molecule has 1 aliphatic rings. The van der Waals surface area contributed by atoms with Gasteiger partial charge in [-0.25, -0.2) is 0 Å². The van der Waals surface area contributed by atoms with E-state index in [0.717, 1.165) is 6.54 Å². The first kappa shape index (κ1) is 14.0. The number of hydrogen-bond donors (Lipinski definition) is 1. The second-order valence-corrected chi connectivity index (χ2v) is 6.47. The van der Waals surface area contributed by atoms with Crippen LogP contribution in [0.15, 0.2) is 0 Å². The lowest BCUT2D eigenvalue weighted by molar-refractivity contribution is -0.0434. The highest BCUT2D eigenvalue weighted by atomic mass is 16.3. The van der Waals surface area contributed by atoms with Gasteiger partial charge in [0, 0.05) is 31.7 Å². The smallest absolute Gasteiger partial charge is 0.0494 e. The minimum atomic E-state index is 0.0601. The predicted molar refractivity (Wildman–Crippen MR) is 69.6 cm³/mol. The second-order valence-electron chi connectivity index (χ2n) is 6.47. The Kier molecular flexibility index (Phi) is 4.81. The lowest BCUT2D eigenvalue weighted by atomic mass is 9.72. The maximum Gasteiger partial charge on any atom is 0.0494 e. The van der Waals surface area contributed by atoms with E-state index in [2.05, 4.69) is 32.6 Å². The third-order valence-corrected chi connectivity index (χ3v) is 3.76. The summed E-state index contributed by atoms with van der Waals surface area (Å²) in [4.78, 5) is 2.52. The monoisotopic (exact) mass is 227 g/mol. The summed E-state index contributed by atoms with van der Waals surface area (Å²) in [5, 5.41) is 9.27. The van der Waals surface area contributed by atoms with Crippen LogP contribution >= 0.6 is 0 Å². The fraction of sp³-hybridized carbons (Fsp3) is 1.00. The molecule has 1 rings (SSSR count). The molecule has 0 amide bonds. The van der Waals surface area contributed by atoms with Gasteiger partial charge in [-0.1, -0.05) is 40.5 Å². The summed E-state index contributed by atoms with van der Waals surface area (Å²) in [6.45, 7) is 12.7. The number of aliphatic hydroxyl groups excluding tert-OH is 1. The second kappa shape index (κ2) is 5.50. The lowest BCUT2D eigenvalue weighted by Gasteiger charge is -2.52. The number of likely N-dealkylation sites (tertiary alicyclic amines) is 1. The van der Waals surface area contributed by atoms with Gasteiger partial charge in [-0.15, -0.1) is 0 Å². The van der Waals surface area contributed by atoms with Crippen molar-refractivity contribution in [2.45, 2.75) is 53.4 Å². The van der Waals surface area contributed by atoms with Crippen molar-refractivity contribution in [3.05, 3.63) is 0 Å². The Morgan fingerprint density at radius 2 is 1.62 bits per heavy atom. The van der Waals surface area contributed by atoms with Crippen molar-refractivity contribution in [1.29, 1.82) is 0 Å². The van der Waals surface area contributed by atoms with Gasteiger partial charge in [-0.2, -0.15) is 0 Å². The molecule has 0 spiro atoms.